The van der Waals surface area contributed by atoms with E-state index in [1.54, 1.807) is 113 Å². The van der Waals surface area contributed by atoms with Gasteiger partial charge < -0.3 is 28.4 Å². The summed E-state index contributed by atoms with van der Waals surface area (Å²) in [6.07, 6.45) is 6.38. The molecule has 0 atom stereocenters. The standard InChI is InChI=1S/C35H32O8/c1-38-30-17-9-26(34(21-30)40-3)11-19-32(36)24-5-13-28(14-6-24)42-23-43-29-15-7-25(8-16-29)33(37)20-12-27-10-18-31(39-2)22-35(27)41-4/h5-22H,23H2,1-4H3/b19-11+,20-12+. The van der Waals surface area contributed by atoms with Crippen molar-refractivity contribution in [2.24, 2.45) is 0 Å². The van der Waals surface area contributed by atoms with Gasteiger partial charge in [-0.25, -0.2) is 0 Å². The number of carbonyl (C=O) groups is 2. The molecule has 0 saturated carbocycles. The summed E-state index contributed by atoms with van der Waals surface area (Å²) in [4.78, 5) is 25.3. The van der Waals surface area contributed by atoms with Crippen LogP contribution in [0, 0.1) is 0 Å². The van der Waals surface area contributed by atoms with Gasteiger partial charge in [0.1, 0.15) is 34.5 Å². The topological polar surface area (TPSA) is 89.5 Å². The maximum atomic E-state index is 12.6. The quantitative estimate of drug-likeness (QED) is 0.0901. The number of ketones is 2. The van der Waals surface area contributed by atoms with Gasteiger partial charge >= 0.3 is 0 Å². The molecule has 0 bridgehead atoms. The Morgan fingerprint density at radius 3 is 1.23 bits per heavy atom. The first-order valence-electron chi connectivity index (χ1n) is 13.3. The second-order valence-electron chi connectivity index (χ2n) is 9.07. The minimum absolute atomic E-state index is 0.0467. The van der Waals surface area contributed by atoms with Crippen molar-refractivity contribution in [1.82, 2.24) is 0 Å². The van der Waals surface area contributed by atoms with Crippen LogP contribution >= 0.6 is 0 Å². The van der Waals surface area contributed by atoms with Crippen LogP contribution in [0.3, 0.4) is 0 Å². The molecule has 0 unspecified atom stereocenters. The zero-order chi connectivity index (χ0) is 30.6. The second kappa shape index (κ2) is 14.9. The summed E-state index contributed by atoms with van der Waals surface area (Å²) in [7, 11) is 6.29. The lowest BCUT2D eigenvalue weighted by Crippen LogP contribution is -2.06. The second-order valence-corrected chi connectivity index (χ2v) is 9.07. The van der Waals surface area contributed by atoms with Gasteiger partial charge in [0.15, 0.2) is 11.6 Å². The van der Waals surface area contributed by atoms with E-state index < -0.39 is 0 Å². The van der Waals surface area contributed by atoms with E-state index in [9.17, 15) is 9.59 Å². The van der Waals surface area contributed by atoms with Crippen molar-refractivity contribution in [1.29, 1.82) is 0 Å². The lowest BCUT2D eigenvalue weighted by molar-refractivity contribution is 0.103. The number of hydrogen-bond donors (Lipinski definition) is 0. The first-order chi connectivity index (χ1) is 20.9. The van der Waals surface area contributed by atoms with Crippen LogP contribution in [0.1, 0.15) is 31.8 Å². The summed E-state index contributed by atoms with van der Waals surface area (Å²) in [5.74, 6) is 3.32. The number of ether oxygens (including phenoxy) is 6. The molecular weight excluding hydrogens is 548 g/mol. The van der Waals surface area contributed by atoms with Gasteiger partial charge in [-0.2, -0.15) is 0 Å². The van der Waals surface area contributed by atoms with Gasteiger partial charge in [-0.3, -0.25) is 9.59 Å². The third kappa shape index (κ3) is 8.27. The molecule has 220 valence electrons. The minimum Gasteiger partial charge on any atom is -0.497 e. The molecule has 0 saturated heterocycles. The summed E-state index contributed by atoms with van der Waals surface area (Å²) in [5.41, 5.74) is 2.54. The summed E-state index contributed by atoms with van der Waals surface area (Å²) in [6.45, 7) is -0.0467. The highest BCUT2D eigenvalue weighted by Crippen LogP contribution is 2.27. The van der Waals surface area contributed by atoms with Crippen LogP contribution in [-0.4, -0.2) is 46.8 Å². The van der Waals surface area contributed by atoms with Gasteiger partial charge in [0.25, 0.3) is 0 Å². The van der Waals surface area contributed by atoms with E-state index in [2.05, 4.69) is 0 Å². The van der Waals surface area contributed by atoms with E-state index in [0.717, 1.165) is 11.1 Å². The highest BCUT2D eigenvalue weighted by Gasteiger charge is 2.08. The maximum Gasteiger partial charge on any atom is 0.230 e. The van der Waals surface area contributed by atoms with E-state index >= 15 is 0 Å². The Morgan fingerprint density at radius 1 is 0.512 bits per heavy atom. The molecule has 0 N–H and O–H groups in total. The van der Waals surface area contributed by atoms with Crippen molar-refractivity contribution in [3.05, 3.63) is 119 Å². The van der Waals surface area contributed by atoms with Crippen LogP contribution in [0.2, 0.25) is 0 Å². The highest BCUT2D eigenvalue weighted by atomic mass is 16.7. The van der Waals surface area contributed by atoms with Gasteiger partial charge in [-0.05, 0) is 97.1 Å². The number of allylic oxidation sites excluding steroid dienone is 2. The van der Waals surface area contributed by atoms with E-state index in [-0.39, 0.29) is 18.4 Å². The third-order valence-electron chi connectivity index (χ3n) is 6.44. The largest absolute Gasteiger partial charge is 0.497 e. The van der Waals surface area contributed by atoms with Crippen LogP contribution in [-0.2, 0) is 0 Å². The minimum atomic E-state index is -0.159. The molecule has 0 heterocycles. The molecule has 4 rings (SSSR count). The predicted molar refractivity (Wildman–Crippen MR) is 165 cm³/mol. The van der Waals surface area contributed by atoms with Crippen molar-refractivity contribution in [3.8, 4) is 34.5 Å². The SMILES string of the molecule is COc1ccc(/C=C/C(=O)c2ccc(OCOc3ccc(C(=O)/C=C/c4ccc(OC)cc4OC)cc3)cc2)c(OC)c1. The fraction of sp³-hybridized carbons (Fsp3) is 0.143. The summed E-state index contributed by atoms with van der Waals surface area (Å²) < 4.78 is 32.4. The van der Waals surface area contributed by atoms with Crippen molar-refractivity contribution < 1.29 is 38.0 Å². The Bertz CT molecular complexity index is 1480. The zero-order valence-corrected chi connectivity index (χ0v) is 24.4. The number of hydrogen-bond acceptors (Lipinski definition) is 8. The Morgan fingerprint density at radius 2 is 0.884 bits per heavy atom. The maximum absolute atomic E-state index is 12.6. The van der Waals surface area contributed by atoms with Gasteiger partial charge in [0, 0.05) is 34.4 Å². The molecule has 4 aromatic carbocycles. The first kappa shape index (κ1) is 30.5. The predicted octanol–water partition coefficient (Wildman–Crippen LogP) is 6.93. The number of methoxy groups -OCH3 is 4. The monoisotopic (exact) mass is 580 g/mol. The van der Waals surface area contributed by atoms with Crippen LogP contribution < -0.4 is 28.4 Å². The molecule has 0 aliphatic heterocycles. The molecule has 8 nitrogen and oxygen atoms in total. The first-order valence-corrected chi connectivity index (χ1v) is 13.3. The van der Waals surface area contributed by atoms with E-state index in [4.69, 9.17) is 28.4 Å². The molecule has 0 aliphatic rings. The number of rotatable bonds is 14. The zero-order valence-electron chi connectivity index (χ0n) is 24.4. The molecule has 0 fully saturated rings. The smallest absolute Gasteiger partial charge is 0.230 e. The van der Waals surface area contributed by atoms with Crippen LogP contribution in [0.5, 0.6) is 34.5 Å². The molecule has 0 aromatic heterocycles. The molecule has 8 heteroatoms. The summed E-state index contributed by atoms with van der Waals surface area (Å²) in [5, 5.41) is 0. The van der Waals surface area contributed by atoms with Crippen LogP contribution in [0.25, 0.3) is 12.2 Å². The average Bonchev–Trinajstić information content (AvgIpc) is 3.06. The van der Waals surface area contributed by atoms with Gasteiger partial charge in [-0.1, -0.05) is 0 Å². The molecule has 4 aromatic rings. The van der Waals surface area contributed by atoms with Crippen LogP contribution in [0.4, 0.5) is 0 Å². The Kier molecular flexibility index (Phi) is 10.6. The van der Waals surface area contributed by atoms with Gasteiger partial charge in [0.2, 0.25) is 6.79 Å². The fourth-order valence-corrected chi connectivity index (χ4v) is 4.03. The van der Waals surface area contributed by atoms with Crippen molar-refractivity contribution in [2.75, 3.05) is 35.2 Å². The Labute approximate surface area is 250 Å². The molecule has 0 amide bonds. The molecule has 0 radical (unpaired) electrons. The Hall–Kier alpha value is -5.50. The highest BCUT2D eigenvalue weighted by molar-refractivity contribution is 6.07. The molecule has 0 aliphatic carbocycles. The lowest BCUT2D eigenvalue weighted by Gasteiger charge is -2.09. The van der Waals surface area contributed by atoms with Gasteiger partial charge in [-0.15, -0.1) is 0 Å². The van der Waals surface area contributed by atoms with Gasteiger partial charge in [0.05, 0.1) is 28.4 Å². The molecule has 0 spiro atoms. The normalized spacial score (nSPS) is 10.9. The van der Waals surface area contributed by atoms with Crippen molar-refractivity contribution >= 4 is 23.7 Å². The van der Waals surface area contributed by atoms with Crippen molar-refractivity contribution in [3.63, 3.8) is 0 Å². The fourth-order valence-electron chi connectivity index (χ4n) is 4.03. The summed E-state index contributed by atoms with van der Waals surface area (Å²) >= 11 is 0. The third-order valence-corrected chi connectivity index (χ3v) is 6.44. The number of benzene rings is 4. The Balaban J connectivity index is 1.27. The van der Waals surface area contributed by atoms with E-state index in [0.29, 0.717) is 45.6 Å². The average molecular weight is 581 g/mol. The summed E-state index contributed by atoms with van der Waals surface area (Å²) in [6, 6.07) is 24.3. The van der Waals surface area contributed by atoms with E-state index in [1.165, 1.54) is 12.2 Å². The van der Waals surface area contributed by atoms with Crippen molar-refractivity contribution in [2.45, 2.75) is 0 Å². The van der Waals surface area contributed by atoms with E-state index in [1.807, 2.05) is 12.1 Å². The van der Waals surface area contributed by atoms with Crippen LogP contribution in [0.15, 0.2) is 97.1 Å². The lowest BCUT2D eigenvalue weighted by atomic mass is 10.1. The number of carbonyl (C=O) groups excluding carboxylic acids is 2. The molecule has 43 heavy (non-hydrogen) atoms. The molecular formula is C35H32O8.